The van der Waals surface area contributed by atoms with Gasteiger partial charge in [-0.05, 0) is 74.4 Å². The Hall–Kier alpha value is -4.57. The summed E-state index contributed by atoms with van der Waals surface area (Å²) in [6.07, 6.45) is 4.06. The van der Waals surface area contributed by atoms with Crippen molar-refractivity contribution in [3.63, 3.8) is 0 Å². The molecule has 6 rings (SSSR count). The predicted octanol–water partition coefficient (Wildman–Crippen LogP) is 8.65. The van der Waals surface area contributed by atoms with E-state index in [4.69, 9.17) is 15.1 Å². The fourth-order valence-electron chi connectivity index (χ4n) is 5.26. The maximum Gasteiger partial charge on any atom is 0.244 e. The standard InChI is InChI=1S/C35H32N4/c1-23-9-14-26(15-10-23)29-20-30(27-16-11-24(2)12-17-27)22-31(21-29)38-39-35-36-33-18-13-25(3)19-32(33)34(37-35)28-7-5-4-6-8-28/h4-19,21,30H,20,22H2,1-3H3,(H,36,37,39). The second-order valence-corrected chi connectivity index (χ2v) is 10.5. The topological polar surface area (TPSA) is 50.2 Å². The zero-order chi connectivity index (χ0) is 26.8. The van der Waals surface area contributed by atoms with Crippen LogP contribution >= 0.6 is 0 Å². The minimum atomic E-state index is 0.354. The number of rotatable bonds is 5. The summed E-state index contributed by atoms with van der Waals surface area (Å²) in [5.41, 5.74) is 14.7. The predicted molar refractivity (Wildman–Crippen MR) is 163 cm³/mol. The summed E-state index contributed by atoms with van der Waals surface area (Å²) in [5, 5.41) is 5.90. The molecule has 0 fully saturated rings. The van der Waals surface area contributed by atoms with Gasteiger partial charge in [0.25, 0.3) is 0 Å². The van der Waals surface area contributed by atoms with Crippen LogP contribution in [0.25, 0.3) is 27.7 Å². The quantitative estimate of drug-likeness (QED) is 0.242. The zero-order valence-electron chi connectivity index (χ0n) is 22.6. The van der Waals surface area contributed by atoms with Gasteiger partial charge in [-0.2, -0.15) is 5.10 Å². The highest BCUT2D eigenvalue weighted by Gasteiger charge is 2.22. The van der Waals surface area contributed by atoms with E-state index < -0.39 is 0 Å². The second-order valence-electron chi connectivity index (χ2n) is 10.5. The molecule has 4 heteroatoms. The van der Waals surface area contributed by atoms with Gasteiger partial charge < -0.3 is 0 Å². The molecule has 192 valence electrons. The van der Waals surface area contributed by atoms with Crippen molar-refractivity contribution in [1.29, 1.82) is 0 Å². The van der Waals surface area contributed by atoms with Crippen LogP contribution in [0.15, 0.2) is 108 Å². The molecule has 0 bridgehead atoms. The lowest BCUT2D eigenvalue weighted by Crippen LogP contribution is -2.14. The van der Waals surface area contributed by atoms with Crippen molar-refractivity contribution in [3.05, 3.63) is 131 Å². The average Bonchev–Trinajstić information content (AvgIpc) is 2.97. The Labute approximate surface area is 230 Å². The molecule has 1 aliphatic rings. The van der Waals surface area contributed by atoms with Crippen molar-refractivity contribution in [2.24, 2.45) is 5.10 Å². The van der Waals surface area contributed by atoms with Crippen molar-refractivity contribution in [2.45, 2.75) is 39.5 Å². The molecule has 4 aromatic carbocycles. The molecule has 1 atom stereocenters. The summed E-state index contributed by atoms with van der Waals surface area (Å²) in [6.45, 7) is 6.35. The molecule has 1 unspecified atom stereocenters. The first-order valence-corrected chi connectivity index (χ1v) is 13.5. The number of nitrogens with zero attached hydrogens (tertiary/aromatic N) is 3. The first-order chi connectivity index (χ1) is 19.0. The van der Waals surface area contributed by atoms with E-state index in [0.717, 1.165) is 40.7 Å². The van der Waals surface area contributed by atoms with E-state index in [1.807, 2.05) is 18.2 Å². The van der Waals surface area contributed by atoms with Gasteiger partial charge in [-0.25, -0.2) is 15.4 Å². The van der Waals surface area contributed by atoms with E-state index in [1.54, 1.807) is 0 Å². The lowest BCUT2D eigenvalue weighted by Gasteiger charge is -2.25. The SMILES string of the molecule is Cc1ccc(C2=CC(=NNc3nc(-c4ccccc4)c4cc(C)ccc4n3)CC(c3ccc(C)cc3)C2)cc1. The third kappa shape index (κ3) is 5.51. The van der Waals surface area contributed by atoms with Gasteiger partial charge in [0.15, 0.2) is 0 Å². The monoisotopic (exact) mass is 508 g/mol. The molecule has 0 radical (unpaired) electrons. The number of aromatic nitrogens is 2. The van der Waals surface area contributed by atoms with Crippen molar-refractivity contribution in [1.82, 2.24) is 9.97 Å². The number of hydrogen-bond acceptors (Lipinski definition) is 4. The Morgan fingerprint density at radius 1 is 0.692 bits per heavy atom. The van der Waals surface area contributed by atoms with Gasteiger partial charge in [0, 0.05) is 10.9 Å². The fraction of sp³-hybridized carbons (Fsp3) is 0.171. The molecule has 0 saturated heterocycles. The van der Waals surface area contributed by atoms with Crippen molar-refractivity contribution >= 4 is 28.1 Å². The molecule has 1 N–H and O–H groups in total. The minimum absolute atomic E-state index is 0.354. The van der Waals surface area contributed by atoms with Crippen LogP contribution in [-0.4, -0.2) is 15.7 Å². The second kappa shape index (κ2) is 10.7. The Kier molecular flexibility index (Phi) is 6.76. The van der Waals surface area contributed by atoms with Crippen molar-refractivity contribution in [2.75, 3.05) is 5.43 Å². The van der Waals surface area contributed by atoms with E-state index in [2.05, 4.69) is 111 Å². The molecule has 39 heavy (non-hydrogen) atoms. The van der Waals surface area contributed by atoms with Crippen LogP contribution < -0.4 is 5.43 Å². The molecule has 0 saturated carbocycles. The Bertz CT molecular complexity index is 1680. The molecule has 0 spiro atoms. The number of anilines is 1. The first kappa shape index (κ1) is 24.7. The van der Waals surface area contributed by atoms with Crippen LogP contribution in [0.5, 0.6) is 0 Å². The van der Waals surface area contributed by atoms with Gasteiger partial charge in [-0.3, -0.25) is 0 Å². The summed E-state index contributed by atoms with van der Waals surface area (Å²) in [4.78, 5) is 9.73. The average molecular weight is 509 g/mol. The molecule has 1 aliphatic carbocycles. The number of nitrogens with one attached hydrogen (secondary N) is 1. The van der Waals surface area contributed by atoms with Gasteiger partial charge in [0.05, 0.1) is 16.9 Å². The Balaban J connectivity index is 1.38. The third-order valence-electron chi connectivity index (χ3n) is 7.43. The maximum absolute atomic E-state index is 4.92. The van der Waals surface area contributed by atoms with Gasteiger partial charge >= 0.3 is 0 Å². The number of hydrazone groups is 1. The molecule has 0 aliphatic heterocycles. The molecule has 0 amide bonds. The maximum atomic E-state index is 4.92. The molecule has 1 heterocycles. The summed E-state index contributed by atoms with van der Waals surface area (Å²) in [6, 6.07) is 34.3. The number of aryl methyl sites for hydroxylation is 3. The van der Waals surface area contributed by atoms with Gasteiger partial charge in [0.1, 0.15) is 0 Å². The lowest BCUT2D eigenvalue weighted by atomic mass is 9.80. The number of allylic oxidation sites excluding steroid dienone is 2. The fourth-order valence-corrected chi connectivity index (χ4v) is 5.26. The zero-order valence-corrected chi connectivity index (χ0v) is 22.6. The van der Waals surface area contributed by atoms with Gasteiger partial charge in [-0.1, -0.05) is 102 Å². The molecular formula is C35H32N4. The van der Waals surface area contributed by atoms with Crippen LogP contribution in [0.4, 0.5) is 5.95 Å². The summed E-state index contributed by atoms with van der Waals surface area (Å²) in [7, 11) is 0. The highest BCUT2D eigenvalue weighted by Crippen LogP contribution is 2.37. The number of benzene rings is 4. The van der Waals surface area contributed by atoms with Crippen molar-refractivity contribution < 1.29 is 0 Å². The van der Waals surface area contributed by atoms with Crippen molar-refractivity contribution in [3.8, 4) is 11.3 Å². The van der Waals surface area contributed by atoms with Crippen LogP contribution in [0, 0.1) is 20.8 Å². The van der Waals surface area contributed by atoms with E-state index in [1.165, 1.54) is 33.4 Å². The van der Waals surface area contributed by atoms with Gasteiger partial charge in [0.2, 0.25) is 5.95 Å². The van der Waals surface area contributed by atoms with Crippen LogP contribution in [0.3, 0.4) is 0 Å². The van der Waals surface area contributed by atoms with Crippen LogP contribution in [-0.2, 0) is 0 Å². The largest absolute Gasteiger partial charge is 0.245 e. The molecule has 5 aromatic rings. The van der Waals surface area contributed by atoms with E-state index >= 15 is 0 Å². The smallest absolute Gasteiger partial charge is 0.244 e. The highest BCUT2D eigenvalue weighted by molar-refractivity contribution is 6.03. The first-order valence-electron chi connectivity index (χ1n) is 13.5. The number of fused-ring (bicyclic) bond motifs is 1. The molecular weight excluding hydrogens is 476 g/mol. The summed E-state index contributed by atoms with van der Waals surface area (Å²) >= 11 is 0. The van der Waals surface area contributed by atoms with Crippen LogP contribution in [0.1, 0.15) is 46.6 Å². The Morgan fingerprint density at radius 2 is 1.38 bits per heavy atom. The lowest BCUT2D eigenvalue weighted by molar-refractivity contribution is 0.731. The number of hydrogen-bond donors (Lipinski definition) is 1. The van der Waals surface area contributed by atoms with E-state index in [9.17, 15) is 0 Å². The van der Waals surface area contributed by atoms with Crippen LogP contribution in [0.2, 0.25) is 0 Å². The summed E-state index contributed by atoms with van der Waals surface area (Å²) in [5.74, 6) is 0.855. The highest BCUT2D eigenvalue weighted by atomic mass is 15.4. The van der Waals surface area contributed by atoms with Gasteiger partial charge in [-0.15, -0.1) is 0 Å². The third-order valence-corrected chi connectivity index (χ3v) is 7.43. The summed E-state index contributed by atoms with van der Waals surface area (Å²) < 4.78 is 0. The normalized spacial score (nSPS) is 16.3. The van der Waals surface area contributed by atoms with E-state index in [0.29, 0.717) is 11.9 Å². The molecule has 4 nitrogen and oxygen atoms in total. The Morgan fingerprint density at radius 3 is 2.13 bits per heavy atom. The molecule has 1 aromatic heterocycles. The minimum Gasteiger partial charge on any atom is -0.245 e. The van der Waals surface area contributed by atoms with E-state index in [-0.39, 0.29) is 0 Å².